The van der Waals surface area contributed by atoms with Gasteiger partial charge < -0.3 is 14.2 Å². The van der Waals surface area contributed by atoms with Gasteiger partial charge in [-0.3, -0.25) is 9.59 Å². The van der Waals surface area contributed by atoms with Crippen molar-refractivity contribution >= 4 is 11.9 Å². The normalized spacial score (nSPS) is 12.8. The fourth-order valence-electron chi connectivity index (χ4n) is 6.88. The number of unbranched alkanes of at least 4 members (excludes halogenated alkanes) is 23. The molecule has 0 saturated carbocycles. The number of hydrogen-bond acceptors (Lipinski definition) is 5. The molecule has 0 amide bonds. The summed E-state index contributed by atoms with van der Waals surface area (Å²) in [6.07, 6.45) is 65.1. The van der Waals surface area contributed by atoms with Crippen LogP contribution in [0, 0.1) is 0 Å². The maximum Gasteiger partial charge on any atom is 0.306 e. The Hall–Kier alpha value is -2.66. The fourth-order valence-corrected chi connectivity index (χ4v) is 6.88. The molecule has 0 spiro atoms. The maximum absolute atomic E-state index is 12.6. The summed E-state index contributed by atoms with van der Waals surface area (Å²) in [6.45, 7) is 7.67. The van der Waals surface area contributed by atoms with Crippen molar-refractivity contribution in [2.75, 3.05) is 19.8 Å². The summed E-state index contributed by atoms with van der Waals surface area (Å²) in [5, 5.41) is 0. The van der Waals surface area contributed by atoms with E-state index in [0.29, 0.717) is 19.4 Å². The van der Waals surface area contributed by atoms with Gasteiger partial charge in [0, 0.05) is 19.4 Å². The summed E-state index contributed by atoms with van der Waals surface area (Å²) in [5.74, 6) is -0.429. The van der Waals surface area contributed by atoms with Crippen molar-refractivity contribution in [2.24, 2.45) is 0 Å². The van der Waals surface area contributed by atoms with Crippen molar-refractivity contribution in [3.05, 3.63) is 72.9 Å². The Balaban J connectivity index is 4.07. The molecule has 0 radical (unpaired) electrons. The second-order valence-electron chi connectivity index (χ2n) is 16.7. The summed E-state index contributed by atoms with van der Waals surface area (Å²) in [7, 11) is 0. The molecule has 0 aromatic carbocycles. The minimum atomic E-state index is -0.545. The summed E-state index contributed by atoms with van der Waals surface area (Å²) < 4.78 is 17.2. The second-order valence-corrected chi connectivity index (χ2v) is 16.7. The molecule has 0 aliphatic carbocycles. The highest BCUT2D eigenvalue weighted by atomic mass is 16.6. The molecule has 5 heteroatoms. The molecule has 0 fully saturated rings. The van der Waals surface area contributed by atoms with Gasteiger partial charge in [0.25, 0.3) is 0 Å². The van der Waals surface area contributed by atoms with Crippen molar-refractivity contribution in [1.29, 1.82) is 0 Å². The third kappa shape index (κ3) is 48.0. The van der Waals surface area contributed by atoms with Crippen LogP contribution >= 0.6 is 0 Å². The van der Waals surface area contributed by atoms with Gasteiger partial charge in [0.15, 0.2) is 6.10 Å². The molecular weight excluding hydrogens is 741 g/mol. The lowest BCUT2D eigenvalue weighted by Gasteiger charge is -2.18. The van der Waals surface area contributed by atoms with E-state index < -0.39 is 6.10 Å². The van der Waals surface area contributed by atoms with Crippen LogP contribution in [0.25, 0.3) is 0 Å². The molecule has 0 aromatic heterocycles. The highest BCUT2D eigenvalue weighted by Gasteiger charge is 2.17. The summed E-state index contributed by atoms with van der Waals surface area (Å²) >= 11 is 0. The average Bonchev–Trinajstić information content (AvgIpc) is 3.25. The standard InChI is InChI=1S/C55H96O5/c1-4-7-10-13-15-17-19-21-23-25-27-29-31-33-35-37-39-41-44-47-50-58-51-53(60-55(57)49-46-42-12-9-6-3)52-59-54(56)48-45-43-40-38-36-34-32-30-28-26-24-22-20-18-16-14-11-8-5-2/h15-18,21-24,27-30,53H,4-14,19-20,25-26,31-52H2,1-3H3/b17-15-,18-16-,23-21-,24-22-,29-27-,30-28-. The van der Waals surface area contributed by atoms with Gasteiger partial charge in [-0.05, 0) is 96.3 Å². The molecule has 1 unspecified atom stereocenters. The van der Waals surface area contributed by atoms with Crippen molar-refractivity contribution in [3.63, 3.8) is 0 Å². The van der Waals surface area contributed by atoms with Gasteiger partial charge >= 0.3 is 11.9 Å². The lowest BCUT2D eigenvalue weighted by atomic mass is 10.1. The van der Waals surface area contributed by atoms with E-state index in [-0.39, 0.29) is 25.2 Å². The first-order chi connectivity index (χ1) is 29.6. The van der Waals surface area contributed by atoms with Gasteiger partial charge in [0.2, 0.25) is 0 Å². The number of ether oxygens (including phenoxy) is 3. The molecule has 0 bridgehead atoms. The van der Waals surface area contributed by atoms with Gasteiger partial charge in [-0.15, -0.1) is 0 Å². The van der Waals surface area contributed by atoms with Gasteiger partial charge in [0.05, 0.1) is 6.61 Å². The van der Waals surface area contributed by atoms with E-state index >= 15 is 0 Å². The van der Waals surface area contributed by atoms with Crippen molar-refractivity contribution in [1.82, 2.24) is 0 Å². The first kappa shape index (κ1) is 57.3. The predicted octanol–water partition coefficient (Wildman–Crippen LogP) is 17.1. The molecule has 0 N–H and O–H groups in total. The zero-order chi connectivity index (χ0) is 43.5. The van der Waals surface area contributed by atoms with E-state index in [1.807, 2.05) is 0 Å². The Bertz CT molecular complexity index is 1080. The van der Waals surface area contributed by atoms with Gasteiger partial charge in [0.1, 0.15) is 6.61 Å². The van der Waals surface area contributed by atoms with Crippen LogP contribution in [0.5, 0.6) is 0 Å². The molecule has 0 rings (SSSR count). The van der Waals surface area contributed by atoms with Crippen molar-refractivity contribution < 1.29 is 23.8 Å². The van der Waals surface area contributed by atoms with E-state index in [1.54, 1.807) is 0 Å². The lowest BCUT2D eigenvalue weighted by molar-refractivity contribution is -0.163. The van der Waals surface area contributed by atoms with E-state index in [9.17, 15) is 9.59 Å². The van der Waals surface area contributed by atoms with E-state index in [4.69, 9.17) is 14.2 Å². The largest absolute Gasteiger partial charge is 0.462 e. The van der Waals surface area contributed by atoms with Gasteiger partial charge in [-0.2, -0.15) is 0 Å². The number of hydrogen-bond donors (Lipinski definition) is 0. The molecular formula is C55H96O5. The van der Waals surface area contributed by atoms with E-state index in [2.05, 4.69) is 93.7 Å². The van der Waals surface area contributed by atoms with Gasteiger partial charge in [-0.25, -0.2) is 0 Å². The van der Waals surface area contributed by atoms with Crippen LogP contribution in [-0.2, 0) is 23.8 Å². The van der Waals surface area contributed by atoms with Gasteiger partial charge in [-0.1, -0.05) is 203 Å². The first-order valence-corrected chi connectivity index (χ1v) is 25.5. The molecule has 0 saturated heterocycles. The van der Waals surface area contributed by atoms with Crippen LogP contribution in [0.15, 0.2) is 72.9 Å². The minimum Gasteiger partial charge on any atom is -0.462 e. The molecule has 5 nitrogen and oxygen atoms in total. The topological polar surface area (TPSA) is 61.8 Å². The maximum atomic E-state index is 12.6. The van der Waals surface area contributed by atoms with Crippen LogP contribution in [0.3, 0.4) is 0 Å². The molecule has 0 aliphatic rings. The Labute approximate surface area is 372 Å². The van der Waals surface area contributed by atoms with Crippen LogP contribution in [0.4, 0.5) is 0 Å². The molecule has 0 heterocycles. The summed E-state index contributed by atoms with van der Waals surface area (Å²) in [4.78, 5) is 25.1. The Kier molecular flexibility index (Phi) is 48.4. The van der Waals surface area contributed by atoms with Crippen molar-refractivity contribution in [2.45, 2.75) is 245 Å². The predicted molar refractivity (Wildman–Crippen MR) is 260 cm³/mol. The first-order valence-electron chi connectivity index (χ1n) is 25.5. The SMILES string of the molecule is CCCCC/C=C\C/C=C\C/C=C\CCCCCCCCCOCC(COC(=O)CCCCCCCC/C=C\C/C=C\C/C=C\CCCCC)OC(=O)CCCCCCC. The molecule has 346 valence electrons. The van der Waals surface area contributed by atoms with Crippen LogP contribution < -0.4 is 0 Å². The third-order valence-corrected chi connectivity index (χ3v) is 10.7. The zero-order valence-electron chi connectivity index (χ0n) is 39.7. The number of allylic oxidation sites excluding steroid dienone is 12. The molecule has 1 atom stereocenters. The highest BCUT2D eigenvalue weighted by Crippen LogP contribution is 2.13. The summed E-state index contributed by atoms with van der Waals surface area (Å²) in [5.41, 5.74) is 0. The number of esters is 2. The summed E-state index contributed by atoms with van der Waals surface area (Å²) in [6, 6.07) is 0. The monoisotopic (exact) mass is 837 g/mol. The number of carbonyl (C=O) groups excluding carboxylic acids is 2. The average molecular weight is 837 g/mol. The molecule has 0 aromatic rings. The smallest absolute Gasteiger partial charge is 0.306 e. The Morgan fingerprint density at radius 2 is 0.700 bits per heavy atom. The third-order valence-electron chi connectivity index (χ3n) is 10.7. The fraction of sp³-hybridized carbons (Fsp3) is 0.745. The molecule has 60 heavy (non-hydrogen) atoms. The van der Waals surface area contributed by atoms with Crippen LogP contribution in [0.1, 0.15) is 239 Å². The van der Waals surface area contributed by atoms with E-state index in [1.165, 1.54) is 122 Å². The Morgan fingerprint density at radius 3 is 1.15 bits per heavy atom. The number of carbonyl (C=O) groups is 2. The van der Waals surface area contributed by atoms with Crippen LogP contribution in [0.2, 0.25) is 0 Å². The highest BCUT2D eigenvalue weighted by molar-refractivity contribution is 5.70. The lowest BCUT2D eigenvalue weighted by Crippen LogP contribution is -2.30. The quantitative estimate of drug-likeness (QED) is 0.0347. The molecule has 0 aliphatic heterocycles. The zero-order valence-corrected chi connectivity index (χ0v) is 39.7. The minimum absolute atomic E-state index is 0.0721. The number of rotatable bonds is 46. The Morgan fingerprint density at radius 1 is 0.367 bits per heavy atom. The van der Waals surface area contributed by atoms with Crippen molar-refractivity contribution in [3.8, 4) is 0 Å². The van der Waals surface area contributed by atoms with Crippen LogP contribution in [-0.4, -0.2) is 37.9 Å². The second kappa shape index (κ2) is 50.7. The van der Waals surface area contributed by atoms with E-state index in [0.717, 1.165) is 83.5 Å².